The number of hydrogen-bond donors (Lipinski definition) is 3. The Morgan fingerprint density at radius 2 is 2.17 bits per heavy atom. The zero-order valence-electron chi connectivity index (χ0n) is 12.7. The van der Waals surface area contributed by atoms with Crippen molar-refractivity contribution in [2.75, 3.05) is 31.1 Å². The highest BCUT2D eigenvalue weighted by molar-refractivity contribution is 6.33. The van der Waals surface area contributed by atoms with Gasteiger partial charge in [0.1, 0.15) is 11.1 Å². The lowest BCUT2D eigenvalue weighted by Crippen LogP contribution is -2.44. The van der Waals surface area contributed by atoms with Crippen LogP contribution in [0.5, 0.6) is 0 Å². The zero-order chi connectivity index (χ0) is 16.2. The van der Waals surface area contributed by atoms with Gasteiger partial charge in [-0.1, -0.05) is 11.6 Å². The molecule has 3 heterocycles. The van der Waals surface area contributed by atoms with E-state index in [9.17, 15) is 9.59 Å². The standard InChI is InChI=1S/C14H20ClN5O3/c15-12-11(7-17-19-13(12)21)20-6-3-10(8-20)23-14(22)18-9-1-4-16-5-2-9/h7,9-10,16H,1-6,8H2,(H,18,22)(H,19,21)/t10-/m1/s1. The number of amides is 1. The van der Waals surface area contributed by atoms with Gasteiger partial charge in [0.25, 0.3) is 5.56 Å². The summed E-state index contributed by atoms with van der Waals surface area (Å²) in [4.78, 5) is 25.4. The van der Waals surface area contributed by atoms with Gasteiger partial charge in [0.05, 0.1) is 18.4 Å². The number of rotatable bonds is 3. The average Bonchev–Trinajstić information content (AvgIpc) is 2.99. The van der Waals surface area contributed by atoms with Crippen molar-refractivity contribution in [3.63, 3.8) is 0 Å². The minimum absolute atomic E-state index is 0.111. The molecule has 8 nitrogen and oxygen atoms in total. The van der Waals surface area contributed by atoms with Crippen LogP contribution < -0.4 is 21.1 Å². The van der Waals surface area contributed by atoms with Gasteiger partial charge in [0, 0.05) is 19.0 Å². The molecule has 3 rings (SSSR count). The molecule has 0 saturated carbocycles. The molecule has 2 fully saturated rings. The maximum Gasteiger partial charge on any atom is 0.407 e. The third-order valence-electron chi connectivity index (χ3n) is 4.20. The monoisotopic (exact) mass is 341 g/mol. The summed E-state index contributed by atoms with van der Waals surface area (Å²) in [5.41, 5.74) is 0.150. The van der Waals surface area contributed by atoms with E-state index in [4.69, 9.17) is 16.3 Å². The Labute approximate surface area is 138 Å². The van der Waals surface area contributed by atoms with Gasteiger partial charge in [0.15, 0.2) is 0 Å². The van der Waals surface area contributed by atoms with E-state index in [2.05, 4.69) is 20.8 Å². The van der Waals surface area contributed by atoms with Gasteiger partial charge in [-0.15, -0.1) is 0 Å². The van der Waals surface area contributed by atoms with E-state index in [0.29, 0.717) is 25.2 Å². The Morgan fingerprint density at radius 1 is 1.39 bits per heavy atom. The predicted molar refractivity (Wildman–Crippen MR) is 86.0 cm³/mol. The molecule has 9 heteroatoms. The van der Waals surface area contributed by atoms with Crippen molar-refractivity contribution in [2.45, 2.75) is 31.4 Å². The van der Waals surface area contributed by atoms with Crippen LogP contribution in [0.1, 0.15) is 19.3 Å². The van der Waals surface area contributed by atoms with Crippen LogP contribution in [0.2, 0.25) is 5.02 Å². The molecule has 2 saturated heterocycles. The molecule has 0 aromatic carbocycles. The second-order valence-electron chi connectivity index (χ2n) is 5.83. The van der Waals surface area contributed by atoms with Gasteiger partial charge in [-0.25, -0.2) is 9.89 Å². The minimum atomic E-state index is -0.419. The number of H-pyrrole nitrogens is 1. The molecule has 1 aromatic heterocycles. The van der Waals surface area contributed by atoms with Crippen molar-refractivity contribution in [1.29, 1.82) is 0 Å². The summed E-state index contributed by atoms with van der Waals surface area (Å²) in [7, 11) is 0. The van der Waals surface area contributed by atoms with Gasteiger partial charge in [-0.05, 0) is 25.9 Å². The first-order chi connectivity index (χ1) is 11.1. The number of anilines is 1. The van der Waals surface area contributed by atoms with E-state index < -0.39 is 5.56 Å². The molecule has 126 valence electrons. The molecule has 0 unspecified atom stereocenters. The van der Waals surface area contributed by atoms with Crippen LogP contribution in [0.3, 0.4) is 0 Å². The SMILES string of the molecule is O=C(NC1CCNCC1)O[C@@H]1CCN(c2cn[nH]c(=O)c2Cl)C1. The van der Waals surface area contributed by atoms with Crippen molar-refractivity contribution < 1.29 is 9.53 Å². The highest BCUT2D eigenvalue weighted by Crippen LogP contribution is 2.25. The Bertz CT molecular complexity index is 617. The maximum atomic E-state index is 12.0. The van der Waals surface area contributed by atoms with Gasteiger partial charge < -0.3 is 20.3 Å². The third-order valence-corrected chi connectivity index (χ3v) is 4.56. The fraction of sp³-hybridized carbons (Fsp3) is 0.643. The van der Waals surface area contributed by atoms with Gasteiger partial charge >= 0.3 is 6.09 Å². The lowest BCUT2D eigenvalue weighted by atomic mass is 10.1. The van der Waals surface area contributed by atoms with Gasteiger partial charge in [-0.2, -0.15) is 5.10 Å². The summed E-state index contributed by atoms with van der Waals surface area (Å²) in [5.74, 6) is 0. The number of hydrogen-bond acceptors (Lipinski definition) is 6. The van der Waals surface area contributed by atoms with Crippen LogP contribution in [-0.4, -0.2) is 54.6 Å². The summed E-state index contributed by atoms with van der Waals surface area (Å²) in [5, 5.41) is 12.3. The Kier molecular flexibility index (Phi) is 5.02. The summed E-state index contributed by atoms with van der Waals surface area (Å²) in [6, 6.07) is 0.174. The summed E-state index contributed by atoms with van der Waals surface area (Å²) in [6.45, 7) is 2.99. The first-order valence-corrected chi connectivity index (χ1v) is 8.17. The van der Waals surface area contributed by atoms with Crippen LogP contribution in [0, 0.1) is 0 Å². The number of aromatic amines is 1. The molecule has 23 heavy (non-hydrogen) atoms. The highest BCUT2D eigenvalue weighted by atomic mass is 35.5. The van der Waals surface area contributed by atoms with E-state index in [1.54, 1.807) is 0 Å². The number of carbonyl (C=O) groups is 1. The van der Waals surface area contributed by atoms with E-state index >= 15 is 0 Å². The van der Waals surface area contributed by atoms with Gasteiger partial charge in [0.2, 0.25) is 0 Å². The molecular formula is C14H20ClN5O3. The number of carbonyl (C=O) groups excluding carboxylic acids is 1. The Hall–Kier alpha value is -1.80. The molecular weight excluding hydrogens is 322 g/mol. The average molecular weight is 342 g/mol. The van der Waals surface area contributed by atoms with Crippen LogP contribution in [0.25, 0.3) is 0 Å². The van der Waals surface area contributed by atoms with E-state index in [0.717, 1.165) is 25.9 Å². The zero-order valence-corrected chi connectivity index (χ0v) is 13.4. The molecule has 0 spiro atoms. The first-order valence-electron chi connectivity index (χ1n) is 7.79. The topological polar surface area (TPSA) is 99.3 Å². The summed E-state index contributed by atoms with van der Waals surface area (Å²) in [6.07, 6.45) is 3.45. The fourth-order valence-electron chi connectivity index (χ4n) is 2.96. The maximum absolute atomic E-state index is 12.0. The lowest BCUT2D eigenvalue weighted by molar-refractivity contribution is 0.103. The summed E-state index contributed by atoms with van der Waals surface area (Å²) >= 11 is 6.00. The number of nitrogens with zero attached hydrogens (tertiary/aromatic N) is 2. The fourth-order valence-corrected chi connectivity index (χ4v) is 3.17. The van der Waals surface area contributed by atoms with Crippen LogP contribution in [0.15, 0.2) is 11.0 Å². The quantitative estimate of drug-likeness (QED) is 0.739. The second-order valence-corrected chi connectivity index (χ2v) is 6.21. The number of ether oxygens (including phenoxy) is 1. The van der Waals surface area contributed by atoms with Crippen molar-refractivity contribution >= 4 is 23.4 Å². The van der Waals surface area contributed by atoms with E-state index in [1.807, 2.05) is 4.90 Å². The van der Waals surface area contributed by atoms with Gasteiger partial charge in [-0.3, -0.25) is 4.79 Å². The van der Waals surface area contributed by atoms with Crippen molar-refractivity contribution in [1.82, 2.24) is 20.8 Å². The molecule has 1 amide bonds. The molecule has 3 N–H and O–H groups in total. The molecule has 1 atom stereocenters. The molecule has 0 aliphatic carbocycles. The number of alkyl carbamates (subject to hydrolysis) is 1. The van der Waals surface area contributed by atoms with Crippen LogP contribution in [-0.2, 0) is 4.74 Å². The predicted octanol–water partition coefficient (Wildman–Crippen LogP) is 0.480. The third kappa shape index (κ3) is 3.94. The normalized spacial score (nSPS) is 22.1. The van der Waals surface area contributed by atoms with Crippen molar-refractivity contribution in [3.8, 4) is 0 Å². The smallest absolute Gasteiger partial charge is 0.407 e. The van der Waals surface area contributed by atoms with E-state index in [-0.39, 0.29) is 23.3 Å². The van der Waals surface area contributed by atoms with Crippen LogP contribution >= 0.6 is 11.6 Å². The molecule has 2 aliphatic rings. The number of piperidine rings is 1. The second kappa shape index (κ2) is 7.18. The highest BCUT2D eigenvalue weighted by Gasteiger charge is 2.28. The molecule has 2 aliphatic heterocycles. The van der Waals surface area contributed by atoms with E-state index in [1.165, 1.54) is 6.20 Å². The number of halogens is 1. The van der Waals surface area contributed by atoms with Crippen LogP contribution in [0.4, 0.5) is 10.5 Å². The summed E-state index contributed by atoms with van der Waals surface area (Å²) < 4.78 is 5.47. The Morgan fingerprint density at radius 3 is 2.96 bits per heavy atom. The number of nitrogens with one attached hydrogen (secondary N) is 3. The number of aromatic nitrogens is 2. The lowest BCUT2D eigenvalue weighted by Gasteiger charge is -2.24. The first kappa shape index (κ1) is 16.1. The Balaban J connectivity index is 1.52. The van der Waals surface area contributed by atoms with Crippen molar-refractivity contribution in [2.24, 2.45) is 0 Å². The molecule has 0 bridgehead atoms. The molecule has 0 radical (unpaired) electrons. The molecule has 1 aromatic rings. The van der Waals surface area contributed by atoms with Crippen molar-refractivity contribution in [3.05, 3.63) is 21.6 Å². The largest absolute Gasteiger partial charge is 0.444 e. The minimum Gasteiger partial charge on any atom is -0.444 e.